The fourth-order valence-electron chi connectivity index (χ4n) is 4.37. The van der Waals surface area contributed by atoms with E-state index in [1.807, 2.05) is 0 Å². The lowest BCUT2D eigenvalue weighted by molar-refractivity contribution is 0.114. The Labute approximate surface area is 229 Å². The zero-order valence-corrected chi connectivity index (χ0v) is 22.8. The van der Waals surface area contributed by atoms with E-state index < -0.39 is 48.9 Å². The van der Waals surface area contributed by atoms with Crippen molar-refractivity contribution in [2.75, 3.05) is 20.3 Å². The third kappa shape index (κ3) is 5.64. The van der Waals surface area contributed by atoms with Crippen molar-refractivity contribution >= 4 is 9.84 Å². The Morgan fingerprint density at radius 1 is 1.02 bits per heavy atom. The number of hydrogen-bond donors (Lipinski definition) is 1. The highest BCUT2D eigenvalue weighted by Gasteiger charge is 2.33. The molecule has 4 aromatic rings. The zero-order valence-electron chi connectivity index (χ0n) is 22.0. The maximum absolute atomic E-state index is 15.2. The number of benzene rings is 2. The predicted octanol–water partition coefficient (Wildman–Crippen LogP) is 4.20. The van der Waals surface area contributed by atoms with Crippen LogP contribution in [0.5, 0.6) is 5.88 Å². The Morgan fingerprint density at radius 3 is 2.35 bits per heavy atom. The van der Waals surface area contributed by atoms with Crippen LogP contribution in [-0.4, -0.2) is 48.4 Å². The molecule has 0 radical (unpaired) electrons. The molecule has 210 valence electrons. The Kier molecular flexibility index (Phi) is 8.72. The molecule has 0 amide bonds. The van der Waals surface area contributed by atoms with Crippen molar-refractivity contribution in [3.8, 4) is 17.0 Å². The number of nitrogens with zero attached hydrogens (tertiary/aromatic N) is 3. The van der Waals surface area contributed by atoms with Crippen molar-refractivity contribution in [3.05, 3.63) is 99.9 Å². The number of aromatic hydroxyl groups is 1. The van der Waals surface area contributed by atoms with Crippen LogP contribution < -0.4 is 5.56 Å². The van der Waals surface area contributed by atoms with Gasteiger partial charge >= 0.3 is 0 Å². The molecule has 0 saturated carbocycles. The van der Waals surface area contributed by atoms with Crippen molar-refractivity contribution in [2.24, 2.45) is 0 Å². The number of aromatic nitrogens is 3. The second-order valence-corrected chi connectivity index (χ2v) is 10.7. The maximum Gasteiger partial charge on any atom is 0.296 e. The summed E-state index contributed by atoms with van der Waals surface area (Å²) in [6, 6.07) is 13.4. The van der Waals surface area contributed by atoms with Gasteiger partial charge in [-0.3, -0.25) is 9.36 Å². The quantitative estimate of drug-likeness (QED) is 0.281. The van der Waals surface area contributed by atoms with Gasteiger partial charge in [-0.15, -0.1) is 0 Å². The van der Waals surface area contributed by atoms with Crippen molar-refractivity contribution in [3.63, 3.8) is 0 Å². The molecule has 2 aromatic heterocycles. The van der Waals surface area contributed by atoms with E-state index in [1.54, 1.807) is 37.3 Å². The second-order valence-electron chi connectivity index (χ2n) is 8.79. The van der Waals surface area contributed by atoms with Crippen LogP contribution >= 0.6 is 0 Å². The summed E-state index contributed by atoms with van der Waals surface area (Å²) in [6.07, 6.45) is 0. The van der Waals surface area contributed by atoms with Crippen LogP contribution in [0.4, 0.5) is 8.78 Å². The summed E-state index contributed by atoms with van der Waals surface area (Å²) in [7, 11) is -3.34. The van der Waals surface area contributed by atoms with E-state index in [4.69, 9.17) is 9.47 Å². The topological polar surface area (TPSA) is 121 Å². The third-order valence-corrected chi connectivity index (χ3v) is 8.02. The monoisotopic (exact) mass is 571 g/mol. The number of sulfone groups is 1. The van der Waals surface area contributed by atoms with Crippen molar-refractivity contribution < 1.29 is 31.8 Å². The smallest absolute Gasteiger partial charge is 0.296 e. The number of ether oxygens (including phenoxy) is 2. The van der Waals surface area contributed by atoms with Gasteiger partial charge in [-0.25, -0.2) is 17.8 Å². The van der Waals surface area contributed by atoms with Gasteiger partial charge in [0, 0.05) is 30.5 Å². The molecule has 0 unspecified atom stereocenters. The summed E-state index contributed by atoms with van der Waals surface area (Å²) in [5, 5.41) is 11.4. The molecule has 0 aliphatic rings. The molecule has 0 spiro atoms. The highest BCUT2D eigenvalue weighted by Crippen LogP contribution is 2.34. The van der Waals surface area contributed by atoms with Crippen molar-refractivity contribution in [1.29, 1.82) is 0 Å². The van der Waals surface area contributed by atoms with Crippen LogP contribution in [0.2, 0.25) is 0 Å². The van der Waals surface area contributed by atoms with Crippen LogP contribution in [0.25, 0.3) is 11.1 Å². The summed E-state index contributed by atoms with van der Waals surface area (Å²) in [4.78, 5) is 19.1. The highest BCUT2D eigenvalue weighted by molar-refractivity contribution is 7.91. The summed E-state index contributed by atoms with van der Waals surface area (Å²) < 4.78 is 68.0. The van der Waals surface area contributed by atoms with Gasteiger partial charge < -0.3 is 14.6 Å². The Balaban J connectivity index is 1.90. The molecule has 0 aliphatic carbocycles. The van der Waals surface area contributed by atoms with Crippen LogP contribution in [-0.2, 0) is 25.9 Å². The number of methoxy groups -OCH3 is 1. The molecule has 0 aliphatic heterocycles. The fourth-order valence-corrected chi connectivity index (χ4v) is 5.73. The summed E-state index contributed by atoms with van der Waals surface area (Å²) in [5.41, 5.74) is -0.130. The first-order chi connectivity index (χ1) is 19.1. The van der Waals surface area contributed by atoms with Gasteiger partial charge in [0.15, 0.2) is 4.90 Å². The first-order valence-electron chi connectivity index (χ1n) is 12.2. The van der Waals surface area contributed by atoms with Gasteiger partial charge in [0.05, 0.1) is 17.5 Å². The number of halogens is 2. The van der Waals surface area contributed by atoms with E-state index in [2.05, 4.69) is 9.97 Å². The molecular weight excluding hydrogens is 544 g/mol. The summed E-state index contributed by atoms with van der Waals surface area (Å²) in [6.45, 7) is 3.29. The minimum Gasteiger partial charge on any atom is -0.493 e. The lowest BCUT2D eigenvalue weighted by Crippen LogP contribution is -2.29. The molecule has 4 rings (SSSR count). The van der Waals surface area contributed by atoms with Crippen LogP contribution in [0, 0.1) is 18.7 Å². The first-order valence-corrected chi connectivity index (χ1v) is 13.7. The summed E-state index contributed by atoms with van der Waals surface area (Å²) in [5.74, 6) is -2.59. The largest absolute Gasteiger partial charge is 0.493 e. The van der Waals surface area contributed by atoms with Gasteiger partial charge in [-0.2, -0.15) is 9.37 Å². The number of aryl methyl sites for hydroxylation is 1. The van der Waals surface area contributed by atoms with Gasteiger partial charge in [0.1, 0.15) is 18.2 Å². The lowest BCUT2D eigenvalue weighted by Gasteiger charge is -2.25. The zero-order chi connectivity index (χ0) is 29.0. The highest BCUT2D eigenvalue weighted by atomic mass is 32.2. The first kappa shape index (κ1) is 29.0. The second kappa shape index (κ2) is 12.0. The molecule has 1 N–H and O–H groups in total. The van der Waals surface area contributed by atoms with E-state index in [-0.39, 0.29) is 42.5 Å². The molecule has 0 bridgehead atoms. The minimum absolute atomic E-state index is 0.00484. The number of pyridine rings is 1. The van der Waals surface area contributed by atoms with Crippen LogP contribution in [0.1, 0.15) is 30.0 Å². The van der Waals surface area contributed by atoms with Gasteiger partial charge in [0.2, 0.25) is 21.7 Å². The van der Waals surface area contributed by atoms with E-state index in [0.717, 1.165) is 18.2 Å². The molecule has 0 saturated heterocycles. The van der Waals surface area contributed by atoms with Gasteiger partial charge in [0.25, 0.3) is 5.56 Å². The van der Waals surface area contributed by atoms with E-state index in [9.17, 15) is 22.7 Å². The van der Waals surface area contributed by atoms with Crippen molar-refractivity contribution in [1.82, 2.24) is 14.5 Å². The molecule has 9 nitrogen and oxygen atoms in total. The molecule has 12 heteroatoms. The Hall–Kier alpha value is -4.00. The van der Waals surface area contributed by atoms with E-state index in [0.29, 0.717) is 5.56 Å². The number of rotatable bonds is 10. The Bertz CT molecular complexity index is 1690. The lowest BCUT2D eigenvalue weighted by atomic mass is 10.0. The molecule has 2 heterocycles. The molecule has 40 heavy (non-hydrogen) atoms. The fraction of sp³-hybridized carbons (Fsp3) is 0.250. The van der Waals surface area contributed by atoms with Gasteiger partial charge in [-0.05, 0) is 43.7 Å². The minimum atomic E-state index is -4.77. The molecule has 0 fully saturated rings. The summed E-state index contributed by atoms with van der Waals surface area (Å²) >= 11 is 0. The van der Waals surface area contributed by atoms with Crippen LogP contribution in [0.15, 0.2) is 75.2 Å². The van der Waals surface area contributed by atoms with Crippen LogP contribution in [0.3, 0.4) is 0 Å². The molecule has 2 aromatic carbocycles. The van der Waals surface area contributed by atoms with E-state index in [1.165, 1.54) is 30.7 Å². The maximum atomic E-state index is 15.2. The van der Waals surface area contributed by atoms with E-state index >= 15 is 4.39 Å². The Morgan fingerprint density at radius 2 is 1.73 bits per heavy atom. The average Bonchev–Trinajstić information content (AvgIpc) is 2.91. The average molecular weight is 572 g/mol. The van der Waals surface area contributed by atoms with Crippen molar-refractivity contribution in [2.45, 2.75) is 36.3 Å². The normalized spacial score (nSPS) is 12.4. The molecular formula is C28H27F2N3O6S. The molecule has 1 atom stereocenters. The number of hydrogen-bond acceptors (Lipinski definition) is 8. The predicted molar refractivity (Wildman–Crippen MR) is 142 cm³/mol. The standard InChI is InChI=1S/C28H27F2N3O6S/c1-4-39-16-25-32-27(34)26(28(35)33(25)23(15-38-3)18-8-6-5-7-9-18)40(36,37)19-10-11-21(22(29)14-19)20-12-13-24(30)31-17(20)2/h5-14,23,35H,4,15-16H2,1-3H3/t23-/m0/s1. The third-order valence-electron chi connectivity index (χ3n) is 6.25. The van der Waals surface area contributed by atoms with Gasteiger partial charge in [-0.1, -0.05) is 36.4 Å². The SMILES string of the molecule is CCOCc1nc(=O)c(S(=O)(=O)c2ccc(-c3ccc(F)nc3C)c(F)c2)c(O)n1[C@@H](COC)c1ccccc1.